The molecule has 0 fully saturated rings. The number of hydrogen-bond donors (Lipinski definition) is 3. The fraction of sp³-hybridized carbons (Fsp3) is 0.308. The predicted octanol–water partition coefficient (Wildman–Crippen LogP) is -0.622. The largest absolute Gasteiger partial charge is 0.367 e. The molecule has 1 rings (SSSR count). The molecule has 0 bridgehead atoms. The third kappa shape index (κ3) is 5.54. The van der Waals surface area contributed by atoms with Crippen molar-refractivity contribution in [3.63, 3.8) is 0 Å². The zero-order valence-corrected chi connectivity index (χ0v) is 11.8. The molecule has 0 radical (unpaired) electrons. The molecule has 1 unspecified atom stereocenters. The van der Waals surface area contributed by atoms with Crippen molar-refractivity contribution < 1.29 is 14.4 Å². The van der Waals surface area contributed by atoms with E-state index in [2.05, 4.69) is 22.5 Å². The Morgan fingerprint density at radius 2 is 2.25 bits per heavy atom. The van der Waals surface area contributed by atoms with Gasteiger partial charge in [0.05, 0.1) is 4.88 Å². The van der Waals surface area contributed by atoms with Crippen molar-refractivity contribution in [2.45, 2.75) is 19.4 Å². The Labute approximate surface area is 120 Å². The van der Waals surface area contributed by atoms with Crippen LogP contribution in [0.4, 0.5) is 0 Å². The number of thiophene rings is 1. The quantitative estimate of drug-likeness (QED) is 0.481. The minimum absolute atomic E-state index is 0.0641. The van der Waals surface area contributed by atoms with Crippen LogP contribution in [-0.2, 0) is 20.8 Å². The zero-order chi connectivity index (χ0) is 15.0. The van der Waals surface area contributed by atoms with E-state index in [4.69, 9.17) is 5.73 Å². The second kappa shape index (κ2) is 7.96. The van der Waals surface area contributed by atoms with E-state index in [9.17, 15) is 14.4 Å². The Balaban J connectivity index is 2.61. The number of primary amides is 1. The molecule has 6 nitrogen and oxygen atoms in total. The molecule has 106 valence electrons. The Morgan fingerprint density at radius 1 is 1.50 bits per heavy atom. The molecule has 0 aliphatic heterocycles. The first-order valence-corrected chi connectivity index (χ1v) is 6.68. The van der Waals surface area contributed by atoms with E-state index in [1.54, 1.807) is 0 Å². The van der Waals surface area contributed by atoms with Crippen molar-refractivity contribution in [1.29, 1.82) is 0 Å². The Morgan fingerprint density at radius 3 is 2.85 bits per heavy atom. The van der Waals surface area contributed by atoms with Gasteiger partial charge >= 0.3 is 0 Å². The van der Waals surface area contributed by atoms with Gasteiger partial charge in [-0.1, -0.05) is 11.8 Å². The molecule has 1 atom stereocenters. The number of carbonyl (C=O) groups is 3. The highest BCUT2D eigenvalue weighted by atomic mass is 32.1. The molecule has 1 heterocycles. The molecule has 7 heteroatoms. The van der Waals surface area contributed by atoms with Crippen LogP contribution in [0.2, 0.25) is 0 Å². The number of rotatable bonds is 6. The molecule has 0 spiro atoms. The standard InChI is InChI=1S/C13H15N3O3S/c1-9(18)15-7-6-11-3-2-10(20-11)4-5-12(13(14)19)16-8-17/h2-3,8,12H,6-7H2,1H3,(H2,14,19)(H,15,18)(H,16,17). The van der Waals surface area contributed by atoms with Gasteiger partial charge < -0.3 is 16.4 Å². The van der Waals surface area contributed by atoms with Gasteiger partial charge in [-0.05, 0) is 18.6 Å². The number of hydrogen-bond acceptors (Lipinski definition) is 4. The van der Waals surface area contributed by atoms with E-state index in [0.717, 1.165) is 16.2 Å². The topological polar surface area (TPSA) is 101 Å². The summed E-state index contributed by atoms with van der Waals surface area (Å²) in [6, 6.07) is 2.74. The van der Waals surface area contributed by atoms with E-state index >= 15 is 0 Å². The molecule has 0 aliphatic carbocycles. The molecular weight excluding hydrogens is 278 g/mol. The fourth-order valence-electron chi connectivity index (χ4n) is 1.35. The summed E-state index contributed by atoms with van der Waals surface area (Å²) in [5.74, 6) is 4.62. The third-order valence-electron chi connectivity index (χ3n) is 2.27. The van der Waals surface area contributed by atoms with Gasteiger partial charge in [-0.15, -0.1) is 11.3 Å². The van der Waals surface area contributed by atoms with Crippen molar-refractivity contribution >= 4 is 29.6 Å². The highest BCUT2D eigenvalue weighted by Crippen LogP contribution is 2.15. The van der Waals surface area contributed by atoms with Crippen molar-refractivity contribution in [1.82, 2.24) is 10.6 Å². The van der Waals surface area contributed by atoms with Gasteiger partial charge in [-0.25, -0.2) is 0 Å². The molecule has 0 saturated heterocycles. The van der Waals surface area contributed by atoms with Gasteiger partial charge in [0.15, 0.2) is 6.04 Å². The summed E-state index contributed by atoms with van der Waals surface area (Å²) in [6.45, 7) is 2.04. The van der Waals surface area contributed by atoms with Gasteiger partial charge in [-0.3, -0.25) is 14.4 Å². The Hall–Kier alpha value is -2.33. The van der Waals surface area contributed by atoms with Crippen molar-refractivity contribution in [3.8, 4) is 11.8 Å². The normalized spacial score (nSPS) is 10.8. The minimum atomic E-state index is -0.988. The lowest BCUT2D eigenvalue weighted by Gasteiger charge is -2.02. The van der Waals surface area contributed by atoms with Crippen LogP contribution in [-0.4, -0.2) is 30.8 Å². The van der Waals surface area contributed by atoms with Crippen LogP contribution in [0.1, 0.15) is 16.7 Å². The molecule has 1 aromatic rings. The maximum absolute atomic E-state index is 11.0. The maximum atomic E-state index is 11.0. The monoisotopic (exact) mass is 293 g/mol. The van der Waals surface area contributed by atoms with Crippen LogP contribution in [0.5, 0.6) is 0 Å². The van der Waals surface area contributed by atoms with Crippen LogP contribution in [0.15, 0.2) is 12.1 Å². The van der Waals surface area contributed by atoms with Gasteiger partial charge in [0.25, 0.3) is 5.91 Å². The summed E-state index contributed by atoms with van der Waals surface area (Å²) in [5, 5.41) is 4.94. The zero-order valence-electron chi connectivity index (χ0n) is 10.9. The number of nitrogens with two attached hydrogens (primary N) is 1. The SMILES string of the molecule is CC(=O)NCCc1ccc(C#CC(NC=O)C(N)=O)s1. The molecule has 20 heavy (non-hydrogen) atoms. The van der Waals surface area contributed by atoms with Crippen LogP contribution in [0, 0.1) is 11.8 Å². The van der Waals surface area contributed by atoms with Crippen molar-refractivity contribution in [2.24, 2.45) is 5.73 Å². The number of carbonyl (C=O) groups excluding carboxylic acids is 3. The van der Waals surface area contributed by atoms with Crippen molar-refractivity contribution in [2.75, 3.05) is 6.54 Å². The van der Waals surface area contributed by atoms with Gasteiger partial charge in [0.2, 0.25) is 12.3 Å². The first-order valence-electron chi connectivity index (χ1n) is 5.86. The van der Waals surface area contributed by atoms with Crippen LogP contribution in [0.3, 0.4) is 0 Å². The highest BCUT2D eigenvalue weighted by molar-refractivity contribution is 7.12. The molecular formula is C13H15N3O3S. The summed E-state index contributed by atoms with van der Waals surface area (Å²) in [6.07, 6.45) is 1.11. The molecule has 1 aromatic heterocycles. The molecule has 0 saturated carbocycles. The molecule has 3 amide bonds. The summed E-state index contributed by atoms with van der Waals surface area (Å²) in [7, 11) is 0. The van der Waals surface area contributed by atoms with Crippen LogP contribution >= 0.6 is 11.3 Å². The van der Waals surface area contributed by atoms with E-state index in [1.165, 1.54) is 18.3 Å². The lowest BCUT2D eigenvalue weighted by molar-refractivity contribution is -0.121. The van der Waals surface area contributed by atoms with E-state index in [1.807, 2.05) is 12.1 Å². The van der Waals surface area contributed by atoms with Gasteiger partial charge in [0, 0.05) is 18.3 Å². The smallest absolute Gasteiger partial charge is 0.252 e. The Bertz CT molecular complexity index is 557. The lowest BCUT2D eigenvalue weighted by atomic mass is 10.3. The highest BCUT2D eigenvalue weighted by Gasteiger charge is 2.09. The maximum Gasteiger partial charge on any atom is 0.252 e. The van der Waals surface area contributed by atoms with E-state index in [0.29, 0.717) is 13.0 Å². The first kappa shape index (κ1) is 15.7. The molecule has 4 N–H and O–H groups in total. The van der Waals surface area contributed by atoms with E-state index in [-0.39, 0.29) is 5.91 Å². The van der Waals surface area contributed by atoms with Gasteiger partial charge in [0.1, 0.15) is 0 Å². The Kier molecular flexibility index (Phi) is 6.26. The number of amides is 3. The summed E-state index contributed by atoms with van der Waals surface area (Å²) in [5.41, 5.74) is 5.09. The average Bonchev–Trinajstić information content (AvgIpc) is 2.81. The molecule has 0 aromatic carbocycles. The second-order valence-corrected chi connectivity index (χ2v) is 5.06. The third-order valence-corrected chi connectivity index (χ3v) is 3.33. The summed E-state index contributed by atoms with van der Waals surface area (Å²) < 4.78 is 0. The minimum Gasteiger partial charge on any atom is -0.367 e. The van der Waals surface area contributed by atoms with E-state index < -0.39 is 11.9 Å². The first-order chi connectivity index (χ1) is 9.52. The number of nitrogens with one attached hydrogen (secondary N) is 2. The lowest BCUT2D eigenvalue weighted by Crippen LogP contribution is -2.39. The van der Waals surface area contributed by atoms with Crippen LogP contribution < -0.4 is 16.4 Å². The molecule has 0 aliphatic rings. The summed E-state index contributed by atoms with van der Waals surface area (Å²) in [4.78, 5) is 33.8. The average molecular weight is 293 g/mol. The second-order valence-electron chi connectivity index (χ2n) is 3.89. The van der Waals surface area contributed by atoms with Gasteiger partial charge in [-0.2, -0.15) is 0 Å². The fourth-order valence-corrected chi connectivity index (χ4v) is 2.22. The van der Waals surface area contributed by atoms with Crippen LogP contribution in [0.25, 0.3) is 0 Å². The predicted molar refractivity (Wildman–Crippen MR) is 75.8 cm³/mol. The summed E-state index contributed by atoms with van der Waals surface area (Å²) >= 11 is 1.46. The van der Waals surface area contributed by atoms with Crippen molar-refractivity contribution in [3.05, 3.63) is 21.9 Å².